The maximum Gasteiger partial charge on any atom is 0.300 e. The summed E-state index contributed by atoms with van der Waals surface area (Å²) in [5.74, 6) is -0.443. The van der Waals surface area contributed by atoms with Crippen LogP contribution in [-0.2, 0) is 9.30 Å². The lowest BCUT2D eigenvalue weighted by atomic mass is 10.3. The molecule has 0 aromatic heterocycles. The summed E-state index contributed by atoms with van der Waals surface area (Å²) in [5.41, 5.74) is 0. The molecule has 0 radical (unpaired) electrons. The highest BCUT2D eigenvalue weighted by Gasteiger charge is 2.52. The predicted octanol–water partition coefficient (Wildman–Crippen LogP) is 2.82. The number of ether oxygens (including phenoxy) is 1. The standard InChI is InChI=1S/C11H24NO3P/c1-4-6-8-12(9-7-5-2)16(13,14)11-10(3)15-11/h10-11H,4-9H2,1-3H3,(H,13,14)/t10?,11-/m0/s1. The molecular formula is C11H24NO3P. The molecule has 1 saturated heterocycles. The second kappa shape index (κ2) is 6.15. The third kappa shape index (κ3) is 3.56. The first-order valence-corrected chi connectivity index (χ1v) is 7.95. The SMILES string of the molecule is CCCCN(CCCC)P(=O)(O)[C@@H]1OC1C. The van der Waals surface area contributed by atoms with Crippen LogP contribution in [0.4, 0.5) is 0 Å². The number of epoxide rings is 1. The second-order valence-corrected chi connectivity index (χ2v) is 6.73. The summed E-state index contributed by atoms with van der Waals surface area (Å²) in [6, 6.07) is 0. The van der Waals surface area contributed by atoms with Crippen molar-refractivity contribution in [3.8, 4) is 0 Å². The summed E-state index contributed by atoms with van der Waals surface area (Å²) < 4.78 is 19.2. The van der Waals surface area contributed by atoms with E-state index in [-0.39, 0.29) is 6.10 Å². The van der Waals surface area contributed by atoms with Crippen molar-refractivity contribution in [1.29, 1.82) is 0 Å². The number of hydrogen-bond acceptors (Lipinski definition) is 2. The normalized spacial score (nSPS) is 28.1. The van der Waals surface area contributed by atoms with Gasteiger partial charge >= 0.3 is 7.52 Å². The van der Waals surface area contributed by atoms with Gasteiger partial charge in [-0.15, -0.1) is 0 Å². The van der Waals surface area contributed by atoms with Gasteiger partial charge in [0.15, 0.2) is 5.85 Å². The van der Waals surface area contributed by atoms with Crippen LogP contribution in [0.5, 0.6) is 0 Å². The first-order chi connectivity index (χ1) is 7.54. The topological polar surface area (TPSA) is 53.1 Å². The molecule has 0 spiro atoms. The van der Waals surface area contributed by atoms with Gasteiger partial charge in [0.1, 0.15) is 0 Å². The maximum atomic E-state index is 12.3. The van der Waals surface area contributed by atoms with Gasteiger partial charge < -0.3 is 9.63 Å². The zero-order valence-corrected chi connectivity index (χ0v) is 11.4. The smallest absolute Gasteiger partial charge is 0.300 e. The number of unbranched alkanes of at least 4 members (excludes halogenated alkanes) is 2. The monoisotopic (exact) mass is 249 g/mol. The van der Waals surface area contributed by atoms with Crippen LogP contribution >= 0.6 is 7.52 Å². The summed E-state index contributed by atoms with van der Waals surface area (Å²) in [6.45, 7) is 7.45. The predicted molar refractivity (Wildman–Crippen MR) is 65.5 cm³/mol. The molecule has 4 nitrogen and oxygen atoms in total. The first kappa shape index (κ1) is 14.2. The Bertz CT molecular complexity index is 252. The Labute approximate surface area is 98.5 Å². The van der Waals surface area contributed by atoms with E-state index in [1.807, 2.05) is 6.92 Å². The molecule has 3 atom stereocenters. The summed E-state index contributed by atoms with van der Waals surface area (Å²) >= 11 is 0. The van der Waals surface area contributed by atoms with Crippen molar-refractivity contribution in [3.05, 3.63) is 0 Å². The Morgan fingerprint density at radius 2 is 1.69 bits per heavy atom. The van der Waals surface area contributed by atoms with Gasteiger partial charge in [0, 0.05) is 13.1 Å². The molecular weight excluding hydrogens is 225 g/mol. The van der Waals surface area contributed by atoms with Gasteiger partial charge in [-0.3, -0.25) is 4.57 Å². The van der Waals surface area contributed by atoms with E-state index < -0.39 is 13.4 Å². The van der Waals surface area contributed by atoms with Gasteiger partial charge in [-0.25, -0.2) is 4.67 Å². The largest absolute Gasteiger partial charge is 0.358 e. The minimum atomic E-state index is -3.27. The van der Waals surface area contributed by atoms with Crippen LogP contribution in [0, 0.1) is 0 Å². The van der Waals surface area contributed by atoms with Gasteiger partial charge in [0.25, 0.3) is 0 Å². The van der Waals surface area contributed by atoms with Gasteiger partial charge in [-0.2, -0.15) is 0 Å². The zero-order chi connectivity index (χ0) is 12.2. The molecule has 1 fully saturated rings. The molecule has 0 aromatic carbocycles. The lowest BCUT2D eigenvalue weighted by Gasteiger charge is -2.26. The van der Waals surface area contributed by atoms with E-state index in [9.17, 15) is 9.46 Å². The summed E-state index contributed by atoms with van der Waals surface area (Å²) in [4.78, 5) is 10.1. The van der Waals surface area contributed by atoms with Crippen LogP contribution < -0.4 is 0 Å². The van der Waals surface area contributed by atoms with Gasteiger partial charge in [-0.05, 0) is 19.8 Å². The van der Waals surface area contributed by atoms with Gasteiger partial charge in [0.2, 0.25) is 0 Å². The van der Waals surface area contributed by atoms with Crippen LogP contribution in [0.3, 0.4) is 0 Å². The lowest BCUT2D eigenvalue weighted by Crippen LogP contribution is -2.25. The molecule has 1 aliphatic rings. The average Bonchev–Trinajstić information content (AvgIpc) is 2.96. The molecule has 0 bridgehead atoms. The van der Waals surface area contributed by atoms with E-state index in [0.29, 0.717) is 13.1 Å². The van der Waals surface area contributed by atoms with Crippen molar-refractivity contribution in [2.75, 3.05) is 13.1 Å². The van der Waals surface area contributed by atoms with E-state index in [4.69, 9.17) is 4.74 Å². The van der Waals surface area contributed by atoms with Gasteiger partial charge in [0.05, 0.1) is 6.10 Å². The quantitative estimate of drug-likeness (QED) is 0.531. The molecule has 1 heterocycles. The van der Waals surface area contributed by atoms with Crippen molar-refractivity contribution in [2.45, 2.75) is 58.4 Å². The fourth-order valence-corrected chi connectivity index (χ4v) is 3.84. The van der Waals surface area contributed by atoms with E-state index >= 15 is 0 Å². The molecule has 1 rings (SSSR count). The molecule has 0 aliphatic carbocycles. The average molecular weight is 249 g/mol. The highest BCUT2D eigenvalue weighted by molar-refractivity contribution is 7.56. The van der Waals surface area contributed by atoms with Crippen LogP contribution in [-0.4, -0.2) is 34.6 Å². The number of nitrogens with zero attached hydrogens (tertiary/aromatic N) is 1. The lowest BCUT2D eigenvalue weighted by molar-refractivity contribution is 0.312. The van der Waals surface area contributed by atoms with E-state index in [0.717, 1.165) is 25.7 Å². The highest BCUT2D eigenvalue weighted by Crippen LogP contribution is 2.58. The van der Waals surface area contributed by atoms with Crippen LogP contribution in [0.1, 0.15) is 46.5 Å². The molecule has 1 N–H and O–H groups in total. The molecule has 0 aromatic rings. The Kier molecular flexibility index (Phi) is 5.45. The summed E-state index contributed by atoms with van der Waals surface area (Å²) in [5, 5.41) is 0. The van der Waals surface area contributed by atoms with E-state index in [2.05, 4.69) is 13.8 Å². The van der Waals surface area contributed by atoms with Crippen molar-refractivity contribution in [3.63, 3.8) is 0 Å². The Morgan fingerprint density at radius 3 is 2.00 bits per heavy atom. The van der Waals surface area contributed by atoms with E-state index in [1.165, 1.54) is 0 Å². The maximum absolute atomic E-state index is 12.3. The third-order valence-corrected chi connectivity index (χ3v) is 5.37. The van der Waals surface area contributed by atoms with Crippen molar-refractivity contribution < 1.29 is 14.2 Å². The summed E-state index contributed by atoms with van der Waals surface area (Å²) in [7, 11) is -3.27. The highest BCUT2D eigenvalue weighted by atomic mass is 31.2. The fraction of sp³-hybridized carbons (Fsp3) is 1.00. The Balaban J connectivity index is 2.55. The van der Waals surface area contributed by atoms with Gasteiger partial charge in [-0.1, -0.05) is 26.7 Å². The van der Waals surface area contributed by atoms with Crippen molar-refractivity contribution in [1.82, 2.24) is 4.67 Å². The molecule has 0 saturated carbocycles. The zero-order valence-electron chi connectivity index (χ0n) is 10.6. The molecule has 16 heavy (non-hydrogen) atoms. The second-order valence-electron chi connectivity index (χ2n) is 4.48. The molecule has 96 valence electrons. The van der Waals surface area contributed by atoms with Crippen molar-refractivity contribution >= 4 is 7.52 Å². The number of hydrogen-bond donors (Lipinski definition) is 1. The molecule has 0 amide bonds. The fourth-order valence-electron chi connectivity index (χ4n) is 1.77. The third-order valence-electron chi connectivity index (χ3n) is 2.96. The van der Waals surface area contributed by atoms with Crippen LogP contribution in [0.2, 0.25) is 0 Å². The van der Waals surface area contributed by atoms with Crippen LogP contribution in [0.15, 0.2) is 0 Å². The minimum Gasteiger partial charge on any atom is -0.358 e. The van der Waals surface area contributed by atoms with Crippen LogP contribution in [0.25, 0.3) is 0 Å². The molecule has 2 unspecified atom stereocenters. The number of rotatable bonds is 8. The van der Waals surface area contributed by atoms with E-state index in [1.54, 1.807) is 4.67 Å². The molecule has 5 heteroatoms. The Hall–Kier alpha value is 0.110. The van der Waals surface area contributed by atoms with Crippen molar-refractivity contribution in [2.24, 2.45) is 0 Å². The Morgan fingerprint density at radius 1 is 1.25 bits per heavy atom. The first-order valence-electron chi connectivity index (χ1n) is 6.27. The molecule has 1 aliphatic heterocycles. The summed E-state index contributed by atoms with van der Waals surface area (Å²) in [6.07, 6.45) is 3.97. The minimum absolute atomic E-state index is 0.0541.